The van der Waals surface area contributed by atoms with E-state index in [9.17, 15) is 14.4 Å². The summed E-state index contributed by atoms with van der Waals surface area (Å²) in [7, 11) is 3.63. The number of hydrogen-bond donors (Lipinski definition) is 1. The monoisotopic (exact) mass is 454 g/mol. The molecule has 0 saturated heterocycles. The van der Waals surface area contributed by atoms with Crippen molar-refractivity contribution < 1.29 is 33.7 Å². The lowest BCUT2D eigenvalue weighted by Crippen LogP contribution is -2.17. The van der Waals surface area contributed by atoms with Gasteiger partial charge in [-0.1, -0.05) is 76.4 Å². The summed E-state index contributed by atoms with van der Waals surface area (Å²) >= 11 is 0. The Morgan fingerprint density at radius 2 is 1.12 bits per heavy atom. The molecule has 0 rings (SSSR count). The van der Waals surface area contributed by atoms with Gasteiger partial charge in [0.05, 0.1) is 38.9 Å². The van der Waals surface area contributed by atoms with Crippen molar-refractivity contribution in [2.24, 2.45) is 0 Å². The van der Waals surface area contributed by atoms with Crippen LogP contribution >= 0.6 is 0 Å². The Kier molecular flexibility index (Phi) is 19.3. The van der Waals surface area contributed by atoms with Crippen molar-refractivity contribution >= 4 is 17.9 Å². The molecule has 0 bridgehead atoms. The minimum absolute atomic E-state index is 0.0149. The quantitative estimate of drug-likeness (QED) is 0.0983. The minimum Gasteiger partial charge on any atom is -0.469 e. The van der Waals surface area contributed by atoms with Crippen molar-refractivity contribution in [2.45, 2.75) is 89.9 Å². The molecule has 7 heteroatoms. The van der Waals surface area contributed by atoms with Crippen LogP contribution in [0.2, 0.25) is 0 Å². The number of aliphatic hydroxyl groups is 1. The first-order valence-corrected chi connectivity index (χ1v) is 11.8. The summed E-state index contributed by atoms with van der Waals surface area (Å²) in [5, 5.41) is 8.75. The Morgan fingerprint density at radius 1 is 0.656 bits per heavy atom. The Hall–Kier alpha value is -2.15. The van der Waals surface area contributed by atoms with E-state index >= 15 is 0 Å². The van der Waals surface area contributed by atoms with E-state index in [4.69, 9.17) is 14.6 Å². The maximum atomic E-state index is 12.1. The third kappa shape index (κ3) is 14.8. The molecule has 0 aromatic rings. The lowest BCUT2D eigenvalue weighted by molar-refractivity contribution is -0.143. The Balaban J connectivity index is 4.28. The Morgan fingerprint density at radius 3 is 1.56 bits per heavy atom. The average Bonchev–Trinajstić information content (AvgIpc) is 2.81. The van der Waals surface area contributed by atoms with Gasteiger partial charge in [0, 0.05) is 6.61 Å². The van der Waals surface area contributed by atoms with Crippen molar-refractivity contribution in [2.75, 3.05) is 27.9 Å². The predicted molar refractivity (Wildman–Crippen MR) is 124 cm³/mol. The van der Waals surface area contributed by atoms with Gasteiger partial charge in [0.1, 0.15) is 0 Å². The van der Waals surface area contributed by atoms with Gasteiger partial charge in [-0.25, -0.2) is 9.59 Å². The molecule has 0 spiro atoms. The Bertz CT molecular complexity index is 593. The van der Waals surface area contributed by atoms with E-state index in [-0.39, 0.29) is 17.6 Å². The molecule has 1 N–H and O–H groups in total. The van der Waals surface area contributed by atoms with E-state index in [1.54, 1.807) is 0 Å². The van der Waals surface area contributed by atoms with Crippen LogP contribution in [-0.4, -0.2) is 51.0 Å². The number of carbonyl (C=O) groups excluding carboxylic acids is 3. The zero-order valence-corrected chi connectivity index (χ0v) is 20.2. The number of rotatable bonds is 19. The molecule has 0 atom stereocenters. The van der Waals surface area contributed by atoms with Crippen LogP contribution in [0.3, 0.4) is 0 Å². The lowest BCUT2D eigenvalue weighted by atomic mass is 10.0. The second kappa shape index (κ2) is 20.7. The molecule has 0 aromatic heterocycles. The zero-order valence-electron chi connectivity index (χ0n) is 20.2. The van der Waals surface area contributed by atoms with E-state index in [1.165, 1.54) is 78.8 Å². The topological polar surface area (TPSA) is 99.1 Å². The molecule has 0 amide bonds. The highest BCUT2D eigenvalue weighted by Gasteiger charge is 2.23. The number of ether oxygens (including phenoxy) is 3. The number of carbonyl (C=O) groups is 3. The van der Waals surface area contributed by atoms with Crippen LogP contribution < -0.4 is 0 Å². The fourth-order valence-electron chi connectivity index (χ4n) is 3.36. The van der Waals surface area contributed by atoms with Gasteiger partial charge in [0.2, 0.25) is 0 Å². The first kappa shape index (κ1) is 29.9. The summed E-state index contributed by atoms with van der Waals surface area (Å²) < 4.78 is 14.1. The molecule has 32 heavy (non-hydrogen) atoms. The maximum Gasteiger partial charge on any atom is 0.338 e. The summed E-state index contributed by atoms with van der Waals surface area (Å²) in [6.07, 6.45) is 17.9. The largest absolute Gasteiger partial charge is 0.469 e. The third-order valence-corrected chi connectivity index (χ3v) is 5.27. The summed E-state index contributed by atoms with van der Waals surface area (Å²) in [4.78, 5) is 35.8. The lowest BCUT2D eigenvalue weighted by Gasteiger charge is -2.09. The minimum atomic E-state index is -0.759. The molecule has 7 nitrogen and oxygen atoms in total. The highest BCUT2D eigenvalue weighted by atomic mass is 16.5. The standard InChI is InChI=1S/C25H42O7/c1-30-23(27)20-22(25(29)32-3)21(24(28)31-2)18-16-14-12-10-8-6-4-5-7-9-11-13-15-17-19-26/h16,18,26H,4-15,17,19-20H2,1-3H3. The summed E-state index contributed by atoms with van der Waals surface area (Å²) in [6.45, 7) is 0.308. The second-order valence-electron chi connectivity index (χ2n) is 7.79. The van der Waals surface area contributed by atoms with Gasteiger partial charge >= 0.3 is 17.9 Å². The SMILES string of the molecule is COC(=O)CC(C(=O)OC)=C(C=CCCCCCCCCCCCCCCO)C(=O)OC. The van der Waals surface area contributed by atoms with Gasteiger partial charge in [-0.2, -0.15) is 0 Å². The van der Waals surface area contributed by atoms with Crippen LogP contribution in [-0.2, 0) is 28.6 Å². The van der Waals surface area contributed by atoms with Crippen LogP contribution in [0.4, 0.5) is 0 Å². The van der Waals surface area contributed by atoms with Gasteiger partial charge in [0.15, 0.2) is 0 Å². The number of aliphatic hydroxyl groups excluding tert-OH is 1. The average molecular weight is 455 g/mol. The van der Waals surface area contributed by atoms with E-state index in [1.807, 2.05) is 6.08 Å². The number of allylic oxidation sites excluding steroid dienone is 1. The first-order valence-electron chi connectivity index (χ1n) is 11.8. The Labute approximate surface area is 193 Å². The highest BCUT2D eigenvalue weighted by Crippen LogP contribution is 2.17. The fraction of sp³-hybridized carbons (Fsp3) is 0.720. The molecule has 184 valence electrons. The van der Waals surface area contributed by atoms with E-state index < -0.39 is 17.9 Å². The second-order valence-corrected chi connectivity index (χ2v) is 7.79. The molecule has 0 aromatic carbocycles. The molecule has 0 aliphatic rings. The predicted octanol–water partition coefficient (Wildman–Crippen LogP) is 4.81. The fourth-order valence-corrected chi connectivity index (χ4v) is 3.36. The van der Waals surface area contributed by atoms with Crippen molar-refractivity contribution in [3.8, 4) is 0 Å². The molecule has 0 saturated carbocycles. The van der Waals surface area contributed by atoms with Crippen LogP contribution in [0, 0.1) is 0 Å². The summed E-state index contributed by atoms with van der Waals surface area (Å²) in [5.74, 6) is -2.09. The molecule has 0 radical (unpaired) electrons. The van der Waals surface area contributed by atoms with Crippen molar-refractivity contribution in [3.63, 3.8) is 0 Å². The van der Waals surface area contributed by atoms with Crippen molar-refractivity contribution in [1.29, 1.82) is 0 Å². The molecule has 0 unspecified atom stereocenters. The van der Waals surface area contributed by atoms with Crippen LogP contribution in [0.25, 0.3) is 0 Å². The van der Waals surface area contributed by atoms with Gasteiger partial charge in [0.25, 0.3) is 0 Å². The van der Waals surface area contributed by atoms with E-state index in [2.05, 4.69) is 4.74 Å². The van der Waals surface area contributed by atoms with Gasteiger partial charge in [-0.05, 0) is 19.3 Å². The number of hydrogen-bond acceptors (Lipinski definition) is 7. The van der Waals surface area contributed by atoms with E-state index in [0.29, 0.717) is 6.61 Å². The van der Waals surface area contributed by atoms with Crippen molar-refractivity contribution in [3.05, 3.63) is 23.3 Å². The van der Waals surface area contributed by atoms with Gasteiger partial charge in [-0.3, -0.25) is 4.79 Å². The smallest absolute Gasteiger partial charge is 0.338 e. The molecule has 0 aliphatic carbocycles. The maximum absolute atomic E-state index is 12.1. The first-order chi connectivity index (χ1) is 15.5. The molecular weight excluding hydrogens is 412 g/mol. The number of esters is 3. The number of unbranched alkanes of at least 4 members (excludes halogenated alkanes) is 12. The van der Waals surface area contributed by atoms with Gasteiger partial charge < -0.3 is 19.3 Å². The molecule has 0 fully saturated rings. The highest BCUT2D eigenvalue weighted by molar-refractivity contribution is 6.04. The normalized spacial score (nSPS) is 11.9. The van der Waals surface area contributed by atoms with Crippen LogP contribution in [0.5, 0.6) is 0 Å². The van der Waals surface area contributed by atoms with Crippen molar-refractivity contribution in [1.82, 2.24) is 0 Å². The summed E-state index contributed by atoms with van der Waals surface area (Å²) in [5.41, 5.74) is -0.0584. The number of methoxy groups -OCH3 is 3. The summed E-state index contributed by atoms with van der Waals surface area (Å²) in [6, 6.07) is 0. The molecular formula is C25H42O7. The molecule has 0 heterocycles. The third-order valence-electron chi connectivity index (χ3n) is 5.27. The van der Waals surface area contributed by atoms with Gasteiger partial charge in [-0.15, -0.1) is 0 Å². The zero-order chi connectivity index (χ0) is 24.0. The van der Waals surface area contributed by atoms with E-state index in [0.717, 1.165) is 32.1 Å². The van der Waals surface area contributed by atoms with Crippen LogP contribution in [0.1, 0.15) is 89.9 Å². The molecule has 0 aliphatic heterocycles. The van der Waals surface area contributed by atoms with Crippen LogP contribution in [0.15, 0.2) is 23.3 Å².